The van der Waals surface area contributed by atoms with Crippen LogP contribution in [0.15, 0.2) is 29.6 Å². The van der Waals surface area contributed by atoms with Gasteiger partial charge in [-0.1, -0.05) is 31.4 Å². The summed E-state index contributed by atoms with van der Waals surface area (Å²) in [6.45, 7) is 4.26. The Kier molecular flexibility index (Phi) is 7.64. The lowest BCUT2D eigenvalue weighted by atomic mass is 9.80. The van der Waals surface area contributed by atoms with Crippen LogP contribution in [0.2, 0.25) is 0 Å². The Morgan fingerprint density at radius 3 is 2.52 bits per heavy atom. The number of amides is 2. The number of hydrogen-bond donors (Lipinski definition) is 1. The molecule has 1 saturated carbocycles. The van der Waals surface area contributed by atoms with Gasteiger partial charge in [-0.2, -0.15) is 0 Å². The van der Waals surface area contributed by atoms with Crippen LogP contribution in [0, 0.1) is 0 Å². The minimum atomic E-state index is -1.05. The number of nitrogens with one attached hydrogen (secondary N) is 1. The summed E-state index contributed by atoms with van der Waals surface area (Å²) in [7, 11) is 3.71. The molecule has 0 unspecified atom stereocenters. The Morgan fingerprint density at radius 1 is 1.10 bits per heavy atom. The van der Waals surface area contributed by atoms with Gasteiger partial charge in [-0.25, -0.2) is 4.98 Å². The number of hydrogen-bond acceptors (Lipinski definition) is 9. The van der Waals surface area contributed by atoms with Crippen molar-refractivity contribution in [2.75, 3.05) is 58.4 Å². The maximum atomic E-state index is 14.1. The van der Waals surface area contributed by atoms with Crippen LogP contribution in [0.5, 0.6) is 0 Å². The SMILES string of the molecule is CO[C@@H]1CN(C(=O)C2(NC(=O)c3ccc(-c4csc(N5CCN(C)CC5)n4)cc3)CCCCC2)[C@@H]2C(=O)CO[C@@H]21. The van der Waals surface area contributed by atoms with E-state index in [0.717, 1.165) is 61.8 Å². The fourth-order valence-electron chi connectivity index (χ4n) is 6.47. The predicted octanol–water partition coefficient (Wildman–Crippen LogP) is 2.19. The van der Waals surface area contributed by atoms with E-state index in [-0.39, 0.29) is 36.9 Å². The topological polar surface area (TPSA) is 104 Å². The zero-order valence-electron chi connectivity index (χ0n) is 23.1. The van der Waals surface area contributed by atoms with Crippen LogP contribution in [-0.4, -0.2) is 110 Å². The van der Waals surface area contributed by atoms with Crippen LogP contribution in [0.25, 0.3) is 11.3 Å². The van der Waals surface area contributed by atoms with E-state index in [9.17, 15) is 14.4 Å². The number of aromatic nitrogens is 1. The highest BCUT2D eigenvalue weighted by atomic mass is 32.1. The fraction of sp³-hybridized carbons (Fsp3) is 0.586. The fourth-order valence-corrected chi connectivity index (χ4v) is 7.36. The van der Waals surface area contributed by atoms with Gasteiger partial charge in [0, 0.05) is 49.8 Å². The predicted molar refractivity (Wildman–Crippen MR) is 152 cm³/mol. The molecule has 3 saturated heterocycles. The number of piperazine rings is 1. The number of fused-ring (bicyclic) bond motifs is 1. The average molecular weight is 568 g/mol. The van der Waals surface area contributed by atoms with Gasteiger partial charge in [0.2, 0.25) is 5.91 Å². The van der Waals surface area contributed by atoms with E-state index in [2.05, 4.69) is 27.5 Å². The zero-order valence-corrected chi connectivity index (χ0v) is 24.0. The first-order valence-electron chi connectivity index (χ1n) is 14.2. The summed E-state index contributed by atoms with van der Waals surface area (Å²) in [4.78, 5) is 51.3. The molecular formula is C29H37N5O5S. The number of ketones is 1. The molecule has 4 fully saturated rings. The molecule has 10 nitrogen and oxygen atoms in total. The summed E-state index contributed by atoms with van der Waals surface area (Å²) in [6, 6.07) is 6.76. The molecule has 1 aromatic carbocycles. The monoisotopic (exact) mass is 567 g/mol. The molecule has 1 N–H and O–H groups in total. The van der Waals surface area contributed by atoms with Gasteiger partial charge in [0.05, 0.1) is 12.2 Å². The van der Waals surface area contributed by atoms with E-state index in [1.807, 2.05) is 12.1 Å². The van der Waals surface area contributed by atoms with Crippen LogP contribution in [0.4, 0.5) is 5.13 Å². The summed E-state index contributed by atoms with van der Waals surface area (Å²) in [6.07, 6.45) is 2.97. The Balaban J connectivity index is 1.17. The number of Topliss-reactive ketones (excluding diaryl/α,β-unsaturated/α-hetero) is 1. The van der Waals surface area contributed by atoms with Crippen molar-refractivity contribution in [3.05, 3.63) is 35.2 Å². The van der Waals surface area contributed by atoms with Crippen molar-refractivity contribution in [1.29, 1.82) is 0 Å². The van der Waals surface area contributed by atoms with Crippen molar-refractivity contribution >= 4 is 34.1 Å². The molecule has 0 spiro atoms. The number of thiazole rings is 1. The Morgan fingerprint density at radius 2 is 1.82 bits per heavy atom. The molecule has 6 rings (SSSR count). The normalized spacial score (nSPS) is 26.6. The number of anilines is 1. The number of rotatable bonds is 6. The minimum Gasteiger partial charge on any atom is -0.377 e. The Labute approximate surface area is 238 Å². The number of ether oxygens (including phenoxy) is 2. The lowest BCUT2D eigenvalue weighted by molar-refractivity contribution is -0.143. The van der Waals surface area contributed by atoms with E-state index < -0.39 is 17.7 Å². The van der Waals surface area contributed by atoms with Crippen molar-refractivity contribution in [3.63, 3.8) is 0 Å². The van der Waals surface area contributed by atoms with Gasteiger partial charge in [-0.05, 0) is 32.0 Å². The summed E-state index contributed by atoms with van der Waals surface area (Å²) in [5.74, 6) is -0.598. The van der Waals surface area contributed by atoms with E-state index in [1.165, 1.54) is 0 Å². The maximum Gasteiger partial charge on any atom is 0.252 e. The van der Waals surface area contributed by atoms with Crippen molar-refractivity contribution in [1.82, 2.24) is 20.1 Å². The highest BCUT2D eigenvalue weighted by Gasteiger charge is 2.56. The molecule has 3 aliphatic heterocycles. The molecule has 11 heteroatoms. The molecule has 4 heterocycles. The summed E-state index contributed by atoms with van der Waals surface area (Å²) in [5.41, 5.74) is 1.29. The molecule has 2 aromatic rings. The number of carbonyl (C=O) groups excluding carboxylic acids is 3. The molecule has 1 aromatic heterocycles. The molecule has 0 bridgehead atoms. The second kappa shape index (κ2) is 11.2. The van der Waals surface area contributed by atoms with E-state index in [1.54, 1.807) is 35.5 Å². The van der Waals surface area contributed by atoms with Crippen LogP contribution in [-0.2, 0) is 19.1 Å². The van der Waals surface area contributed by atoms with Gasteiger partial charge in [-0.3, -0.25) is 14.4 Å². The van der Waals surface area contributed by atoms with Gasteiger partial charge in [0.15, 0.2) is 10.9 Å². The molecule has 0 radical (unpaired) electrons. The quantitative estimate of drug-likeness (QED) is 0.567. The molecular weight excluding hydrogens is 530 g/mol. The number of likely N-dealkylation sites (N-methyl/N-ethyl adjacent to an activating group) is 1. The Bertz CT molecular complexity index is 1250. The van der Waals surface area contributed by atoms with Crippen LogP contribution in [0.1, 0.15) is 42.5 Å². The molecule has 1 aliphatic carbocycles. The third-order valence-electron chi connectivity index (χ3n) is 8.88. The van der Waals surface area contributed by atoms with Crippen molar-refractivity contribution in [2.45, 2.75) is 55.9 Å². The first-order chi connectivity index (χ1) is 19.4. The van der Waals surface area contributed by atoms with Crippen LogP contribution < -0.4 is 10.2 Å². The third kappa shape index (κ3) is 5.04. The summed E-state index contributed by atoms with van der Waals surface area (Å²) >= 11 is 1.64. The number of carbonyl (C=O) groups is 3. The van der Waals surface area contributed by atoms with Gasteiger partial charge >= 0.3 is 0 Å². The summed E-state index contributed by atoms with van der Waals surface area (Å²) in [5, 5.41) is 6.20. The van der Waals surface area contributed by atoms with Gasteiger partial charge < -0.3 is 29.5 Å². The van der Waals surface area contributed by atoms with Gasteiger partial charge in [-0.15, -0.1) is 11.3 Å². The van der Waals surface area contributed by atoms with Crippen molar-refractivity contribution in [2.24, 2.45) is 0 Å². The van der Waals surface area contributed by atoms with Crippen LogP contribution >= 0.6 is 11.3 Å². The maximum absolute atomic E-state index is 14.1. The third-order valence-corrected chi connectivity index (χ3v) is 9.78. The van der Waals surface area contributed by atoms with Gasteiger partial charge in [0.25, 0.3) is 5.91 Å². The molecule has 214 valence electrons. The molecule has 3 atom stereocenters. The molecule has 2 amide bonds. The average Bonchev–Trinajstić information content (AvgIpc) is 3.71. The number of methoxy groups -OCH3 is 1. The van der Waals surface area contributed by atoms with E-state index in [0.29, 0.717) is 18.4 Å². The van der Waals surface area contributed by atoms with E-state index in [4.69, 9.17) is 14.5 Å². The number of benzene rings is 1. The second-order valence-corrected chi connectivity index (χ2v) is 12.2. The largest absolute Gasteiger partial charge is 0.377 e. The zero-order chi connectivity index (χ0) is 27.9. The first-order valence-corrected chi connectivity index (χ1v) is 15.1. The number of likely N-dealkylation sites (tertiary alicyclic amines) is 1. The highest BCUT2D eigenvalue weighted by molar-refractivity contribution is 7.14. The second-order valence-electron chi connectivity index (χ2n) is 11.4. The minimum absolute atomic E-state index is 0.0134. The van der Waals surface area contributed by atoms with Crippen LogP contribution in [0.3, 0.4) is 0 Å². The van der Waals surface area contributed by atoms with Crippen molar-refractivity contribution < 1.29 is 23.9 Å². The molecule has 40 heavy (non-hydrogen) atoms. The first kappa shape index (κ1) is 27.3. The van der Waals surface area contributed by atoms with E-state index >= 15 is 0 Å². The van der Waals surface area contributed by atoms with Crippen molar-refractivity contribution in [3.8, 4) is 11.3 Å². The Hall–Kier alpha value is -2.86. The standard InChI is InChI=1S/C29H37N5O5S/c1-32-12-14-33(15-13-32)28-30-21(18-40-28)19-6-8-20(9-7-19)26(36)31-29(10-4-3-5-11-29)27(37)34-16-23(38-2)25-24(34)22(35)17-39-25/h6-9,18,23-25H,3-5,10-17H2,1-2H3,(H,31,36)/t23-,24-,25-/m1/s1. The lowest BCUT2D eigenvalue weighted by Gasteiger charge is -2.40. The smallest absolute Gasteiger partial charge is 0.252 e. The number of nitrogens with zero attached hydrogens (tertiary/aromatic N) is 4. The van der Waals surface area contributed by atoms with Gasteiger partial charge in [0.1, 0.15) is 30.4 Å². The summed E-state index contributed by atoms with van der Waals surface area (Å²) < 4.78 is 11.2. The lowest BCUT2D eigenvalue weighted by Crippen LogP contribution is -2.62. The molecule has 4 aliphatic rings. The highest BCUT2D eigenvalue weighted by Crippen LogP contribution is 2.36.